The van der Waals surface area contributed by atoms with Gasteiger partial charge in [-0.05, 0) is 65.5 Å². The summed E-state index contributed by atoms with van der Waals surface area (Å²) >= 11 is 0. The average Bonchev–Trinajstić information content (AvgIpc) is 2.82. The van der Waals surface area contributed by atoms with Gasteiger partial charge in [0.1, 0.15) is 11.7 Å². The molecule has 1 aromatic rings. The van der Waals surface area contributed by atoms with Gasteiger partial charge in [-0.1, -0.05) is 0 Å². The maximum atomic E-state index is 12.4. The number of hydrogen-bond donors (Lipinski definition) is 0. The molecule has 2 fully saturated rings. The van der Waals surface area contributed by atoms with Crippen molar-refractivity contribution in [1.29, 1.82) is 0 Å². The fourth-order valence-corrected chi connectivity index (χ4v) is 5.08. The molecule has 0 aromatic heterocycles. The predicted molar refractivity (Wildman–Crippen MR) is 140 cm³/mol. The summed E-state index contributed by atoms with van der Waals surface area (Å²) in [5, 5.41) is 0. The molecule has 1 aliphatic heterocycles. The molecule has 0 bridgehead atoms. The Morgan fingerprint density at radius 2 is 1.78 bits per heavy atom. The fraction of sp³-hybridized carbons (Fsp3) is 0.679. The Balaban J connectivity index is 1.55. The highest BCUT2D eigenvalue weighted by Gasteiger charge is 2.38. The molecule has 3 rings (SSSR count). The molecule has 1 saturated heterocycles. The number of nitrogens with zero attached hydrogens (tertiary/aromatic N) is 2. The SMILES string of the molecule is COC(=O)c1ccc(O[C@H]2C[C@H](N(CC3CCN(C(=O)OC(C)(C)C)CC3)C(C)C)C2)c(OC)c1C=O. The summed E-state index contributed by atoms with van der Waals surface area (Å²) in [4.78, 5) is 40.4. The van der Waals surface area contributed by atoms with Gasteiger partial charge in [-0.15, -0.1) is 0 Å². The zero-order valence-electron chi connectivity index (χ0n) is 23.2. The average molecular weight is 519 g/mol. The summed E-state index contributed by atoms with van der Waals surface area (Å²) in [6, 6.07) is 3.99. The molecule has 9 nitrogen and oxygen atoms in total. The second kappa shape index (κ2) is 12.2. The number of likely N-dealkylation sites (tertiary alicyclic amines) is 1. The van der Waals surface area contributed by atoms with Gasteiger partial charge in [-0.3, -0.25) is 9.69 Å². The van der Waals surface area contributed by atoms with Crippen LogP contribution in [0.3, 0.4) is 0 Å². The van der Waals surface area contributed by atoms with Gasteiger partial charge in [0.05, 0.1) is 25.3 Å². The Bertz CT molecular complexity index is 958. The number of piperidine rings is 1. The van der Waals surface area contributed by atoms with E-state index in [9.17, 15) is 14.4 Å². The van der Waals surface area contributed by atoms with E-state index in [1.54, 1.807) is 6.07 Å². The number of benzene rings is 1. The lowest BCUT2D eigenvalue weighted by Crippen LogP contribution is -2.54. The van der Waals surface area contributed by atoms with Gasteiger partial charge >= 0.3 is 12.1 Å². The third-order valence-corrected chi connectivity index (χ3v) is 7.12. The standard InChI is InChI=1S/C28H42N2O7/c1-18(2)30(16-19-10-12-29(13-11-19)27(33)37-28(3,4)5)20-14-21(15-20)36-24-9-8-22(26(32)35-7)23(17-31)25(24)34-6/h8-9,17-21H,10-16H2,1-7H3/t20-,21-. The Morgan fingerprint density at radius 1 is 1.14 bits per heavy atom. The highest BCUT2D eigenvalue weighted by molar-refractivity contribution is 6.00. The molecule has 1 heterocycles. The first kappa shape index (κ1) is 28.8. The first-order chi connectivity index (χ1) is 17.5. The van der Waals surface area contributed by atoms with Crippen LogP contribution in [0, 0.1) is 5.92 Å². The van der Waals surface area contributed by atoms with E-state index >= 15 is 0 Å². The molecule has 37 heavy (non-hydrogen) atoms. The molecule has 1 amide bonds. The Hall–Kier alpha value is -2.81. The van der Waals surface area contributed by atoms with E-state index in [-0.39, 0.29) is 29.1 Å². The minimum Gasteiger partial charge on any atom is -0.492 e. The molecule has 2 aliphatic rings. The van der Waals surface area contributed by atoms with Gasteiger partial charge < -0.3 is 23.8 Å². The summed E-state index contributed by atoms with van der Waals surface area (Å²) in [5.74, 6) is 0.632. The van der Waals surface area contributed by atoms with Gasteiger partial charge in [-0.2, -0.15) is 0 Å². The van der Waals surface area contributed by atoms with Crippen LogP contribution in [0.25, 0.3) is 0 Å². The van der Waals surface area contributed by atoms with E-state index < -0.39 is 11.6 Å². The van der Waals surface area contributed by atoms with Crippen molar-refractivity contribution < 1.29 is 33.3 Å². The van der Waals surface area contributed by atoms with Crippen molar-refractivity contribution in [3.8, 4) is 11.5 Å². The smallest absolute Gasteiger partial charge is 0.410 e. The first-order valence-corrected chi connectivity index (χ1v) is 13.1. The van der Waals surface area contributed by atoms with E-state index in [0.717, 1.165) is 45.3 Å². The molecule has 206 valence electrons. The molecule has 0 radical (unpaired) electrons. The van der Waals surface area contributed by atoms with Crippen molar-refractivity contribution in [2.24, 2.45) is 5.92 Å². The Morgan fingerprint density at radius 3 is 2.30 bits per heavy atom. The number of esters is 1. The Kier molecular flexibility index (Phi) is 9.45. The van der Waals surface area contributed by atoms with Crippen LogP contribution in [0.15, 0.2) is 12.1 Å². The van der Waals surface area contributed by atoms with E-state index in [4.69, 9.17) is 18.9 Å². The minimum absolute atomic E-state index is 0.00218. The topological polar surface area (TPSA) is 94.6 Å². The van der Waals surface area contributed by atoms with Crippen LogP contribution in [0.1, 0.15) is 81.0 Å². The number of methoxy groups -OCH3 is 2. The molecular formula is C28H42N2O7. The van der Waals surface area contributed by atoms with Crippen molar-refractivity contribution in [3.05, 3.63) is 23.3 Å². The normalized spacial score (nSPS) is 20.4. The predicted octanol–water partition coefficient (Wildman–Crippen LogP) is 4.56. The highest BCUT2D eigenvalue weighted by atomic mass is 16.6. The van der Waals surface area contributed by atoms with Crippen molar-refractivity contribution in [3.63, 3.8) is 0 Å². The summed E-state index contributed by atoms with van der Waals surface area (Å²) in [5.41, 5.74) is -0.200. The van der Waals surface area contributed by atoms with Crippen molar-refractivity contribution in [2.75, 3.05) is 33.9 Å². The van der Waals surface area contributed by atoms with Gasteiger partial charge in [0.15, 0.2) is 17.8 Å². The van der Waals surface area contributed by atoms with Crippen LogP contribution in [0.5, 0.6) is 11.5 Å². The number of hydrogen-bond acceptors (Lipinski definition) is 8. The molecule has 0 N–H and O–H groups in total. The number of carbonyl (C=O) groups is 3. The van der Waals surface area contributed by atoms with Crippen LogP contribution in [-0.2, 0) is 9.47 Å². The third-order valence-electron chi connectivity index (χ3n) is 7.12. The molecule has 0 atom stereocenters. The second-order valence-electron chi connectivity index (χ2n) is 11.2. The van der Waals surface area contributed by atoms with Crippen molar-refractivity contribution >= 4 is 18.3 Å². The molecule has 1 aromatic carbocycles. The quantitative estimate of drug-likeness (QED) is 0.347. The van der Waals surface area contributed by atoms with Crippen molar-refractivity contribution in [1.82, 2.24) is 9.80 Å². The monoisotopic (exact) mass is 518 g/mol. The maximum absolute atomic E-state index is 12.4. The van der Waals surface area contributed by atoms with Crippen LogP contribution in [0.4, 0.5) is 4.79 Å². The van der Waals surface area contributed by atoms with Crippen LogP contribution < -0.4 is 9.47 Å². The largest absolute Gasteiger partial charge is 0.492 e. The molecule has 0 spiro atoms. The number of rotatable bonds is 9. The van der Waals surface area contributed by atoms with Crippen LogP contribution in [-0.4, -0.2) is 85.8 Å². The lowest BCUT2D eigenvalue weighted by atomic mass is 9.85. The fourth-order valence-electron chi connectivity index (χ4n) is 5.08. The summed E-state index contributed by atoms with van der Waals surface area (Å²) < 4.78 is 21.9. The Labute approximate surface area is 220 Å². The van der Waals surface area contributed by atoms with E-state index in [2.05, 4.69) is 18.7 Å². The molecule has 9 heteroatoms. The molecular weight excluding hydrogens is 476 g/mol. The molecule has 0 unspecified atom stereocenters. The summed E-state index contributed by atoms with van der Waals surface area (Å²) in [6.07, 6.45) is 4.04. The zero-order valence-corrected chi connectivity index (χ0v) is 23.2. The van der Waals surface area contributed by atoms with Gasteiger partial charge in [-0.25, -0.2) is 9.59 Å². The highest BCUT2D eigenvalue weighted by Crippen LogP contribution is 2.38. The lowest BCUT2D eigenvalue weighted by Gasteiger charge is -2.46. The van der Waals surface area contributed by atoms with Crippen LogP contribution >= 0.6 is 0 Å². The van der Waals surface area contributed by atoms with Crippen molar-refractivity contribution in [2.45, 2.75) is 84.1 Å². The number of aldehydes is 1. The maximum Gasteiger partial charge on any atom is 0.410 e. The lowest BCUT2D eigenvalue weighted by molar-refractivity contribution is -0.0141. The molecule has 1 aliphatic carbocycles. The zero-order chi connectivity index (χ0) is 27.3. The van der Waals surface area contributed by atoms with E-state index in [0.29, 0.717) is 30.0 Å². The van der Waals surface area contributed by atoms with Gasteiger partial charge in [0.2, 0.25) is 0 Å². The summed E-state index contributed by atoms with van der Waals surface area (Å²) in [6.45, 7) is 12.5. The van der Waals surface area contributed by atoms with Gasteiger partial charge in [0.25, 0.3) is 0 Å². The molecule has 1 saturated carbocycles. The van der Waals surface area contributed by atoms with E-state index in [1.165, 1.54) is 20.3 Å². The number of ether oxygens (including phenoxy) is 4. The van der Waals surface area contributed by atoms with Crippen LogP contribution in [0.2, 0.25) is 0 Å². The second-order valence-corrected chi connectivity index (χ2v) is 11.2. The third kappa shape index (κ3) is 7.15. The van der Waals surface area contributed by atoms with Gasteiger partial charge in [0, 0.05) is 44.6 Å². The number of amides is 1. The van der Waals surface area contributed by atoms with E-state index in [1.807, 2.05) is 25.7 Å². The first-order valence-electron chi connectivity index (χ1n) is 13.1. The minimum atomic E-state index is -0.597. The number of carbonyl (C=O) groups excluding carboxylic acids is 3. The summed E-state index contributed by atoms with van der Waals surface area (Å²) in [7, 11) is 2.72.